The molecule has 6 nitrogen and oxygen atoms in total. The fourth-order valence-corrected chi connectivity index (χ4v) is 4.76. The third-order valence-electron chi connectivity index (χ3n) is 5.77. The minimum atomic E-state index is -3.41. The van der Waals surface area contributed by atoms with E-state index in [1.165, 1.54) is 26.2 Å². The lowest BCUT2D eigenvalue weighted by Gasteiger charge is -2.19. The predicted molar refractivity (Wildman–Crippen MR) is 142 cm³/mol. The molecule has 0 unspecified atom stereocenters. The van der Waals surface area contributed by atoms with E-state index in [0.29, 0.717) is 33.8 Å². The number of sulfone groups is 1. The van der Waals surface area contributed by atoms with Crippen LogP contribution in [0.25, 0.3) is 22.3 Å². The van der Waals surface area contributed by atoms with Gasteiger partial charge in [0.25, 0.3) is 0 Å². The van der Waals surface area contributed by atoms with Crippen LogP contribution in [0.5, 0.6) is 17.2 Å². The first-order valence-corrected chi connectivity index (χ1v) is 13.2. The van der Waals surface area contributed by atoms with Gasteiger partial charge in [-0.15, -0.1) is 0 Å². The standard InChI is InChI=1S/C29H26FNO5S/c1-4-37(33,34)24-15-13-21(14-16-24)25-18-26(20-9-6-5-7-10-20)29(27(30)28(25)31-19(2)32)36-23-12-8-11-22(17-23)35-3/h5-18H,4H2,1-3H3,(H,31,32). The molecule has 0 fully saturated rings. The first-order chi connectivity index (χ1) is 17.7. The topological polar surface area (TPSA) is 81.7 Å². The Kier molecular flexibility index (Phi) is 7.59. The average Bonchev–Trinajstić information content (AvgIpc) is 2.91. The van der Waals surface area contributed by atoms with Gasteiger partial charge in [-0.1, -0.05) is 55.5 Å². The number of carbonyl (C=O) groups excluding carboxylic acids is 1. The largest absolute Gasteiger partial charge is 0.497 e. The second kappa shape index (κ2) is 10.8. The highest BCUT2D eigenvalue weighted by atomic mass is 32.2. The maximum atomic E-state index is 16.2. The number of hydrogen-bond donors (Lipinski definition) is 1. The molecule has 0 aliphatic rings. The Bertz CT molecular complexity index is 1540. The van der Waals surface area contributed by atoms with Gasteiger partial charge in [-0.2, -0.15) is 0 Å². The molecular formula is C29H26FNO5S. The van der Waals surface area contributed by atoms with E-state index in [0.717, 1.165) is 0 Å². The van der Waals surface area contributed by atoms with Gasteiger partial charge < -0.3 is 14.8 Å². The summed E-state index contributed by atoms with van der Waals surface area (Å²) >= 11 is 0. The van der Waals surface area contributed by atoms with Gasteiger partial charge in [-0.25, -0.2) is 12.8 Å². The minimum absolute atomic E-state index is 0.0351. The molecule has 0 spiro atoms. The highest BCUT2D eigenvalue weighted by molar-refractivity contribution is 7.91. The second-order valence-electron chi connectivity index (χ2n) is 8.25. The zero-order valence-electron chi connectivity index (χ0n) is 20.6. The Labute approximate surface area is 215 Å². The Morgan fingerprint density at radius 1 is 0.865 bits per heavy atom. The first kappa shape index (κ1) is 25.9. The summed E-state index contributed by atoms with van der Waals surface area (Å²) in [5.41, 5.74) is 1.99. The van der Waals surface area contributed by atoms with Gasteiger partial charge in [0.1, 0.15) is 11.5 Å². The molecule has 0 atom stereocenters. The molecule has 0 saturated heterocycles. The highest BCUT2D eigenvalue weighted by Crippen LogP contribution is 2.45. The number of hydrogen-bond acceptors (Lipinski definition) is 5. The van der Waals surface area contributed by atoms with Crippen LogP contribution in [0.3, 0.4) is 0 Å². The molecule has 0 bridgehead atoms. The van der Waals surface area contributed by atoms with Crippen molar-refractivity contribution < 1.29 is 27.1 Å². The zero-order chi connectivity index (χ0) is 26.6. The Hall–Kier alpha value is -4.17. The number of anilines is 1. The van der Waals surface area contributed by atoms with Crippen LogP contribution in [0, 0.1) is 5.82 Å². The molecule has 4 rings (SSSR count). The number of methoxy groups -OCH3 is 1. The molecular weight excluding hydrogens is 493 g/mol. The number of nitrogens with one attached hydrogen (secondary N) is 1. The van der Waals surface area contributed by atoms with Crippen LogP contribution in [0.1, 0.15) is 13.8 Å². The average molecular weight is 520 g/mol. The van der Waals surface area contributed by atoms with E-state index in [1.807, 2.05) is 30.3 Å². The number of halogens is 1. The zero-order valence-corrected chi connectivity index (χ0v) is 21.4. The SMILES string of the molecule is CCS(=O)(=O)c1ccc(-c2cc(-c3ccccc3)c(Oc3cccc(OC)c3)c(F)c2NC(C)=O)cc1. The summed E-state index contributed by atoms with van der Waals surface area (Å²) in [7, 11) is -1.88. The van der Waals surface area contributed by atoms with E-state index >= 15 is 4.39 Å². The molecule has 1 N–H and O–H groups in total. The van der Waals surface area contributed by atoms with Gasteiger partial charge in [0, 0.05) is 24.1 Å². The smallest absolute Gasteiger partial charge is 0.221 e. The molecule has 1 amide bonds. The maximum absolute atomic E-state index is 16.2. The molecule has 0 aliphatic carbocycles. The number of amides is 1. The summed E-state index contributed by atoms with van der Waals surface area (Å²) in [6.07, 6.45) is 0. The normalized spacial score (nSPS) is 11.1. The number of rotatable bonds is 8. The number of ether oxygens (including phenoxy) is 2. The van der Waals surface area contributed by atoms with Crippen LogP contribution < -0.4 is 14.8 Å². The fraction of sp³-hybridized carbons (Fsp3) is 0.138. The molecule has 0 heterocycles. The van der Waals surface area contributed by atoms with E-state index in [4.69, 9.17) is 9.47 Å². The van der Waals surface area contributed by atoms with E-state index in [9.17, 15) is 13.2 Å². The van der Waals surface area contributed by atoms with Crippen LogP contribution in [0.15, 0.2) is 89.8 Å². The first-order valence-electron chi connectivity index (χ1n) is 11.6. The summed E-state index contributed by atoms with van der Waals surface area (Å²) in [4.78, 5) is 12.2. The monoisotopic (exact) mass is 519 g/mol. The summed E-state index contributed by atoms with van der Waals surface area (Å²) in [6, 6.07) is 23.8. The van der Waals surface area contributed by atoms with E-state index < -0.39 is 21.6 Å². The van der Waals surface area contributed by atoms with Crippen molar-refractivity contribution in [1.82, 2.24) is 0 Å². The van der Waals surface area contributed by atoms with Crippen LogP contribution >= 0.6 is 0 Å². The van der Waals surface area contributed by atoms with Crippen molar-refractivity contribution in [3.05, 3.63) is 90.7 Å². The fourth-order valence-electron chi connectivity index (χ4n) is 3.88. The third-order valence-corrected chi connectivity index (χ3v) is 7.52. The molecule has 8 heteroatoms. The van der Waals surface area contributed by atoms with Crippen LogP contribution in [0.2, 0.25) is 0 Å². The molecule has 0 radical (unpaired) electrons. The highest BCUT2D eigenvalue weighted by Gasteiger charge is 2.24. The minimum Gasteiger partial charge on any atom is -0.497 e. The van der Waals surface area contributed by atoms with E-state index in [1.54, 1.807) is 49.4 Å². The Morgan fingerprint density at radius 2 is 1.51 bits per heavy atom. The number of carbonyl (C=O) groups is 1. The lowest BCUT2D eigenvalue weighted by atomic mass is 9.95. The van der Waals surface area contributed by atoms with E-state index in [-0.39, 0.29) is 22.1 Å². The summed E-state index contributed by atoms with van der Waals surface area (Å²) in [5, 5.41) is 2.59. The molecule has 0 aromatic heterocycles. The summed E-state index contributed by atoms with van der Waals surface area (Å²) < 4.78 is 52.1. The lowest BCUT2D eigenvalue weighted by molar-refractivity contribution is -0.114. The van der Waals surface area contributed by atoms with Crippen LogP contribution in [0.4, 0.5) is 10.1 Å². The van der Waals surface area contributed by atoms with Gasteiger partial charge in [0.2, 0.25) is 5.91 Å². The third kappa shape index (κ3) is 5.65. The summed E-state index contributed by atoms with van der Waals surface area (Å²) in [6.45, 7) is 2.86. The molecule has 0 aliphatic heterocycles. The van der Waals surface area contributed by atoms with Crippen LogP contribution in [-0.4, -0.2) is 27.2 Å². The molecule has 4 aromatic rings. The van der Waals surface area contributed by atoms with Crippen molar-refractivity contribution in [1.29, 1.82) is 0 Å². The predicted octanol–water partition coefficient (Wildman–Crippen LogP) is 6.71. The summed E-state index contributed by atoms with van der Waals surface area (Å²) in [5.74, 6) is -0.444. The van der Waals surface area contributed by atoms with Crippen molar-refractivity contribution in [2.24, 2.45) is 0 Å². The van der Waals surface area contributed by atoms with Crippen molar-refractivity contribution in [3.63, 3.8) is 0 Å². The van der Waals surface area contributed by atoms with E-state index in [2.05, 4.69) is 5.32 Å². The van der Waals surface area contributed by atoms with Gasteiger partial charge in [-0.05, 0) is 41.5 Å². The quantitative estimate of drug-likeness (QED) is 0.280. The van der Waals surface area contributed by atoms with Gasteiger partial charge in [-0.3, -0.25) is 4.79 Å². The molecule has 4 aromatic carbocycles. The van der Waals surface area contributed by atoms with Crippen molar-refractivity contribution in [2.75, 3.05) is 18.2 Å². The second-order valence-corrected chi connectivity index (χ2v) is 10.5. The molecule has 190 valence electrons. The number of benzene rings is 4. The van der Waals surface area contributed by atoms with Crippen molar-refractivity contribution in [3.8, 4) is 39.5 Å². The Balaban J connectivity index is 1.95. The van der Waals surface area contributed by atoms with Crippen LogP contribution in [-0.2, 0) is 14.6 Å². The Morgan fingerprint density at radius 3 is 2.14 bits per heavy atom. The van der Waals surface area contributed by atoms with Gasteiger partial charge in [0.05, 0.1) is 23.4 Å². The molecule has 0 saturated carbocycles. The maximum Gasteiger partial charge on any atom is 0.221 e. The van der Waals surface area contributed by atoms with Crippen molar-refractivity contribution in [2.45, 2.75) is 18.7 Å². The molecule has 37 heavy (non-hydrogen) atoms. The lowest BCUT2D eigenvalue weighted by Crippen LogP contribution is -2.10. The van der Waals surface area contributed by atoms with Crippen molar-refractivity contribution >= 4 is 21.4 Å². The van der Waals surface area contributed by atoms with Gasteiger partial charge in [0.15, 0.2) is 21.4 Å². The van der Waals surface area contributed by atoms with Gasteiger partial charge >= 0.3 is 0 Å².